The first-order valence-corrected chi connectivity index (χ1v) is 10.2. The third kappa shape index (κ3) is 2.78. The van der Waals surface area contributed by atoms with Crippen LogP contribution in [0.2, 0.25) is 0 Å². The Morgan fingerprint density at radius 3 is 2.81 bits per heavy atom. The summed E-state index contributed by atoms with van der Waals surface area (Å²) in [7, 11) is 0. The molecule has 4 rings (SSSR count). The monoisotopic (exact) mass is 408 g/mol. The molecule has 0 bridgehead atoms. The maximum Gasteiger partial charge on any atom is 0.258 e. The highest BCUT2D eigenvalue weighted by Gasteiger charge is 2.30. The fraction of sp³-hybridized carbons (Fsp3) is 0.316. The van der Waals surface area contributed by atoms with Gasteiger partial charge in [0.1, 0.15) is 0 Å². The molecule has 0 saturated heterocycles. The average molecular weight is 409 g/mol. The quantitative estimate of drug-likeness (QED) is 0.691. The van der Waals surface area contributed by atoms with Crippen molar-refractivity contribution in [2.24, 2.45) is 0 Å². The number of nitrogens with one attached hydrogen (secondary N) is 1. The van der Waals surface area contributed by atoms with Crippen LogP contribution in [0.3, 0.4) is 0 Å². The minimum atomic E-state index is -0.663. The number of anilines is 2. The van der Waals surface area contributed by atoms with E-state index in [0.717, 1.165) is 34.1 Å². The summed E-state index contributed by atoms with van der Waals surface area (Å²) in [5, 5.41) is 12.6. The SMILES string of the molecule is CCN1C(=O)c2cccc3c(NSC4CC[C@@H](O)C(Cl)=C4Cl)ccc1c23. The summed E-state index contributed by atoms with van der Waals surface area (Å²) in [5.41, 5.74) is 2.64. The number of hydrogen-bond donors (Lipinski definition) is 2. The van der Waals surface area contributed by atoms with Crippen LogP contribution in [0.5, 0.6) is 0 Å². The minimum absolute atomic E-state index is 0.00984. The second-order valence-corrected chi connectivity index (χ2v) is 8.23. The lowest BCUT2D eigenvalue weighted by Gasteiger charge is -2.25. The summed E-state index contributed by atoms with van der Waals surface area (Å²) in [6.45, 7) is 2.63. The Hall–Kier alpha value is -1.40. The second-order valence-electron chi connectivity index (χ2n) is 6.41. The van der Waals surface area contributed by atoms with Crippen LogP contribution >= 0.6 is 35.1 Å². The third-order valence-corrected chi connectivity index (χ3v) is 7.16. The van der Waals surface area contributed by atoms with Crippen molar-refractivity contribution < 1.29 is 9.90 Å². The second kappa shape index (κ2) is 6.97. The van der Waals surface area contributed by atoms with Crippen molar-refractivity contribution in [3.63, 3.8) is 0 Å². The van der Waals surface area contributed by atoms with E-state index in [1.807, 2.05) is 37.3 Å². The Balaban J connectivity index is 1.66. The van der Waals surface area contributed by atoms with Gasteiger partial charge >= 0.3 is 0 Å². The van der Waals surface area contributed by atoms with Crippen LogP contribution in [0.4, 0.5) is 11.4 Å². The predicted molar refractivity (Wildman–Crippen MR) is 110 cm³/mol. The molecule has 0 saturated carbocycles. The van der Waals surface area contributed by atoms with Gasteiger partial charge in [-0.3, -0.25) is 4.79 Å². The zero-order chi connectivity index (χ0) is 18.4. The van der Waals surface area contributed by atoms with Gasteiger partial charge in [0.2, 0.25) is 0 Å². The number of hydrogen-bond acceptors (Lipinski definition) is 4. The third-order valence-electron chi connectivity index (χ3n) is 4.92. The number of amides is 1. The predicted octanol–water partition coefficient (Wildman–Crippen LogP) is 5.09. The van der Waals surface area contributed by atoms with Crippen LogP contribution < -0.4 is 9.62 Å². The van der Waals surface area contributed by atoms with E-state index in [1.54, 1.807) is 4.90 Å². The van der Waals surface area contributed by atoms with Gasteiger partial charge in [0.05, 0.1) is 32.8 Å². The number of benzene rings is 2. The molecule has 1 heterocycles. The molecule has 136 valence electrons. The van der Waals surface area contributed by atoms with E-state index in [-0.39, 0.29) is 11.2 Å². The van der Waals surface area contributed by atoms with Gasteiger partial charge in [-0.25, -0.2) is 0 Å². The normalized spacial score (nSPS) is 22.5. The fourth-order valence-electron chi connectivity index (χ4n) is 3.57. The highest BCUT2D eigenvalue weighted by atomic mass is 35.5. The van der Waals surface area contributed by atoms with Gasteiger partial charge < -0.3 is 14.7 Å². The molecule has 4 nitrogen and oxygen atoms in total. The van der Waals surface area contributed by atoms with Gasteiger partial charge in [-0.05, 0) is 49.9 Å². The van der Waals surface area contributed by atoms with Crippen LogP contribution in [0.25, 0.3) is 10.8 Å². The maximum atomic E-state index is 12.6. The standard InChI is InChI=1S/C19H18Cl2N2O2S/c1-2-23-13-7-6-12(10-4-3-5-11(16(10)13)19(23)25)22-26-15-9-8-14(24)17(20)18(15)21/h3-7,14-15,22,24H,2,8-9H2,1H3/t14-,15?/m1/s1. The van der Waals surface area contributed by atoms with Gasteiger partial charge in [-0.2, -0.15) is 0 Å². The molecular weight excluding hydrogens is 391 g/mol. The van der Waals surface area contributed by atoms with Crippen molar-refractivity contribution in [2.45, 2.75) is 31.1 Å². The van der Waals surface area contributed by atoms with Crippen molar-refractivity contribution in [1.82, 2.24) is 0 Å². The van der Waals surface area contributed by atoms with E-state index in [9.17, 15) is 9.90 Å². The molecule has 0 fully saturated rings. The van der Waals surface area contributed by atoms with Crippen molar-refractivity contribution in [3.8, 4) is 0 Å². The number of aliphatic hydroxyl groups excluding tert-OH is 1. The number of carbonyl (C=O) groups excluding carboxylic acids is 1. The van der Waals surface area contributed by atoms with Gasteiger partial charge in [-0.1, -0.05) is 35.3 Å². The molecule has 2 N–H and O–H groups in total. The smallest absolute Gasteiger partial charge is 0.258 e. The average Bonchev–Trinajstić information content (AvgIpc) is 2.93. The number of halogens is 2. The van der Waals surface area contributed by atoms with E-state index in [2.05, 4.69) is 4.72 Å². The first-order chi connectivity index (χ1) is 12.5. The molecule has 26 heavy (non-hydrogen) atoms. The fourth-order valence-corrected chi connectivity index (χ4v) is 5.18. The van der Waals surface area contributed by atoms with Crippen LogP contribution in [0.1, 0.15) is 30.1 Å². The largest absolute Gasteiger partial charge is 0.387 e. The molecule has 0 spiro atoms. The summed E-state index contributed by atoms with van der Waals surface area (Å²) in [5.74, 6) is 0.0527. The molecule has 0 aromatic heterocycles. The van der Waals surface area contributed by atoms with Gasteiger partial charge in [0.25, 0.3) is 5.91 Å². The highest BCUT2D eigenvalue weighted by Crippen LogP contribution is 2.43. The first kappa shape index (κ1) is 18.0. The molecule has 1 aliphatic carbocycles. The molecule has 1 aliphatic heterocycles. The lowest BCUT2D eigenvalue weighted by atomic mass is 10.0. The van der Waals surface area contributed by atoms with Crippen molar-refractivity contribution in [1.29, 1.82) is 0 Å². The molecular formula is C19H18Cl2N2O2S. The van der Waals surface area contributed by atoms with Gasteiger partial charge in [0, 0.05) is 22.9 Å². The van der Waals surface area contributed by atoms with Crippen LogP contribution in [-0.4, -0.2) is 28.9 Å². The Morgan fingerprint density at radius 2 is 2.04 bits per heavy atom. The number of carbonyl (C=O) groups is 1. The number of nitrogens with zero attached hydrogens (tertiary/aromatic N) is 1. The lowest BCUT2D eigenvalue weighted by Crippen LogP contribution is -2.25. The summed E-state index contributed by atoms with van der Waals surface area (Å²) < 4.78 is 3.38. The number of aliphatic hydroxyl groups is 1. The van der Waals surface area contributed by atoms with Crippen molar-refractivity contribution in [2.75, 3.05) is 16.2 Å². The van der Waals surface area contributed by atoms with Crippen molar-refractivity contribution >= 4 is 63.2 Å². The topological polar surface area (TPSA) is 52.6 Å². The first-order valence-electron chi connectivity index (χ1n) is 8.55. The van der Waals surface area contributed by atoms with E-state index in [0.29, 0.717) is 23.0 Å². The molecule has 2 aromatic rings. The number of rotatable bonds is 4. The van der Waals surface area contributed by atoms with E-state index < -0.39 is 6.10 Å². The zero-order valence-corrected chi connectivity index (χ0v) is 16.5. The highest BCUT2D eigenvalue weighted by molar-refractivity contribution is 8.01. The summed E-state index contributed by atoms with van der Waals surface area (Å²) in [4.78, 5) is 14.4. The Labute approximate surface area is 166 Å². The Morgan fingerprint density at radius 1 is 1.23 bits per heavy atom. The zero-order valence-electron chi connectivity index (χ0n) is 14.1. The minimum Gasteiger partial charge on any atom is -0.387 e. The molecule has 2 aromatic carbocycles. The molecule has 2 aliphatic rings. The van der Waals surface area contributed by atoms with Crippen LogP contribution in [0.15, 0.2) is 40.4 Å². The molecule has 1 amide bonds. The van der Waals surface area contributed by atoms with Crippen LogP contribution in [-0.2, 0) is 0 Å². The maximum absolute atomic E-state index is 12.6. The summed E-state index contributed by atoms with van der Waals surface area (Å²) in [6, 6.07) is 9.79. The van der Waals surface area contributed by atoms with Gasteiger partial charge in [0.15, 0.2) is 0 Å². The molecule has 0 radical (unpaired) electrons. The van der Waals surface area contributed by atoms with Gasteiger partial charge in [-0.15, -0.1) is 0 Å². The van der Waals surface area contributed by atoms with Crippen LogP contribution in [0, 0.1) is 0 Å². The lowest BCUT2D eigenvalue weighted by molar-refractivity contribution is 0.0994. The Kier molecular flexibility index (Phi) is 4.82. The van der Waals surface area contributed by atoms with E-state index in [4.69, 9.17) is 23.2 Å². The summed E-state index contributed by atoms with van der Waals surface area (Å²) in [6.07, 6.45) is 0.680. The Bertz CT molecular complexity index is 931. The van der Waals surface area contributed by atoms with Crippen molar-refractivity contribution in [3.05, 3.63) is 46.0 Å². The summed E-state index contributed by atoms with van der Waals surface area (Å²) >= 11 is 13.9. The molecule has 2 atom stereocenters. The van der Waals surface area contributed by atoms with E-state index in [1.165, 1.54) is 11.9 Å². The molecule has 7 heteroatoms. The molecule has 1 unspecified atom stereocenters. The van der Waals surface area contributed by atoms with E-state index >= 15 is 0 Å².